The molecule has 0 heterocycles. The van der Waals surface area contributed by atoms with Crippen LogP contribution in [0.4, 0.5) is 0 Å². The smallest absolute Gasteiger partial charge is 0.0196 e. The predicted molar refractivity (Wildman–Crippen MR) is 81.6 cm³/mol. The number of hydrogen-bond acceptors (Lipinski definition) is 2. The summed E-state index contributed by atoms with van der Waals surface area (Å²) in [5.74, 6) is 0. The van der Waals surface area contributed by atoms with E-state index in [2.05, 4.69) is 54.7 Å². The molecule has 0 N–H and O–H groups in total. The molecule has 0 unspecified atom stereocenters. The predicted octanol–water partition coefficient (Wildman–Crippen LogP) is 6.11. The van der Waals surface area contributed by atoms with Crippen LogP contribution in [0.5, 0.6) is 0 Å². The van der Waals surface area contributed by atoms with Gasteiger partial charge in [0.15, 0.2) is 0 Å². The summed E-state index contributed by atoms with van der Waals surface area (Å²) in [5.41, 5.74) is 4.90. The summed E-state index contributed by atoms with van der Waals surface area (Å²) in [5, 5.41) is 0. The molecule has 0 aliphatic heterocycles. The van der Waals surface area contributed by atoms with Gasteiger partial charge in [-0.05, 0) is 52.7 Å². The van der Waals surface area contributed by atoms with Crippen LogP contribution in [0.1, 0.15) is 41.5 Å². The maximum absolute atomic E-state index is 4.01. The highest BCUT2D eigenvalue weighted by molar-refractivity contribution is 8.79. The zero-order valence-electron chi connectivity index (χ0n) is 11.2. The van der Waals surface area contributed by atoms with Crippen LogP contribution in [-0.2, 0) is 0 Å². The molecule has 0 aromatic rings. The second-order valence-corrected chi connectivity index (χ2v) is 6.54. The summed E-state index contributed by atoms with van der Waals surface area (Å²) in [7, 11) is 3.56. The third kappa shape index (κ3) is 5.13. The molecular formula is C14H22S2. The van der Waals surface area contributed by atoms with Crippen molar-refractivity contribution in [1.82, 2.24) is 0 Å². The van der Waals surface area contributed by atoms with Gasteiger partial charge in [0.2, 0.25) is 0 Å². The highest BCUT2D eigenvalue weighted by atomic mass is 33.1. The molecule has 16 heavy (non-hydrogen) atoms. The summed E-state index contributed by atoms with van der Waals surface area (Å²) in [6.07, 6.45) is 0. The molecule has 0 fully saturated rings. The van der Waals surface area contributed by atoms with Gasteiger partial charge in [-0.3, -0.25) is 0 Å². The monoisotopic (exact) mass is 254 g/mol. The van der Waals surface area contributed by atoms with Crippen molar-refractivity contribution in [2.45, 2.75) is 41.5 Å². The molecule has 0 bridgehead atoms. The van der Waals surface area contributed by atoms with Gasteiger partial charge in [-0.15, -0.1) is 0 Å². The van der Waals surface area contributed by atoms with E-state index < -0.39 is 0 Å². The lowest BCUT2D eigenvalue weighted by molar-refractivity contribution is 1.34. The second-order valence-electron chi connectivity index (χ2n) is 4.39. The van der Waals surface area contributed by atoms with Crippen LogP contribution in [0.2, 0.25) is 0 Å². The molecule has 0 aliphatic rings. The van der Waals surface area contributed by atoms with E-state index >= 15 is 0 Å². The molecule has 0 saturated heterocycles. The van der Waals surface area contributed by atoms with E-state index in [4.69, 9.17) is 0 Å². The van der Waals surface area contributed by atoms with Crippen LogP contribution in [0.3, 0.4) is 0 Å². The van der Waals surface area contributed by atoms with Gasteiger partial charge in [0.1, 0.15) is 0 Å². The minimum Gasteiger partial charge on any atom is -0.0950 e. The normalized spacial score (nSPS) is 9.62. The van der Waals surface area contributed by atoms with Crippen molar-refractivity contribution in [3.8, 4) is 0 Å². The molecule has 0 aliphatic carbocycles. The molecule has 0 nitrogen and oxygen atoms in total. The lowest BCUT2D eigenvalue weighted by atomic mass is 10.2. The van der Waals surface area contributed by atoms with Crippen LogP contribution in [0.25, 0.3) is 0 Å². The van der Waals surface area contributed by atoms with Crippen LogP contribution in [-0.4, -0.2) is 0 Å². The summed E-state index contributed by atoms with van der Waals surface area (Å²) < 4.78 is 0. The molecule has 90 valence electrons. The average Bonchev–Trinajstić information content (AvgIpc) is 2.09. The SMILES string of the molecule is C=C(C)C(SSC(C(=C)C)=C(C)C)=C(C)C. The molecule has 0 aromatic heterocycles. The number of hydrogen-bond donors (Lipinski definition) is 0. The largest absolute Gasteiger partial charge is 0.0950 e. The zero-order valence-corrected chi connectivity index (χ0v) is 12.9. The van der Waals surface area contributed by atoms with Crippen molar-refractivity contribution in [2.75, 3.05) is 0 Å². The number of allylic oxidation sites excluding steroid dienone is 4. The highest BCUT2D eigenvalue weighted by Crippen LogP contribution is 2.43. The van der Waals surface area contributed by atoms with E-state index in [1.54, 1.807) is 21.6 Å². The van der Waals surface area contributed by atoms with Gasteiger partial charge >= 0.3 is 0 Å². The Morgan fingerprint density at radius 1 is 0.625 bits per heavy atom. The Kier molecular flexibility index (Phi) is 6.93. The summed E-state index contributed by atoms with van der Waals surface area (Å²) >= 11 is 0. The lowest BCUT2D eigenvalue weighted by Gasteiger charge is -2.12. The minimum atomic E-state index is 1.13. The van der Waals surface area contributed by atoms with Gasteiger partial charge in [0.25, 0.3) is 0 Å². The molecule has 2 heteroatoms. The van der Waals surface area contributed by atoms with E-state index in [-0.39, 0.29) is 0 Å². The molecule has 0 spiro atoms. The molecule has 0 rings (SSSR count). The lowest BCUT2D eigenvalue weighted by Crippen LogP contribution is -1.84. The molecular weight excluding hydrogens is 232 g/mol. The van der Waals surface area contributed by atoms with Gasteiger partial charge in [-0.25, -0.2) is 0 Å². The van der Waals surface area contributed by atoms with E-state index in [0.29, 0.717) is 0 Å². The maximum Gasteiger partial charge on any atom is 0.0196 e. The van der Waals surface area contributed by atoms with Gasteiger partial charge < -0.3 is 0 Å². The third-order valence-corrected chi connectivity index (χ3v) is 5.07. The first-order valence-electron chi connectivity index (χ1n) is 5.28. The summed E-state index contributed by atoms with van der Waals surface area (Å²) in [4.78, 5) is 2.56. The first-order valence-corrected chi connectivity index (χ1v) is 7.43. The molecule has 0 saturated carbocycles. The van der Waals surface area contributed by atoms with Gasteiger partial charge in [-0.2, -0.15) is 0 Å². The first-order chi connectivity index (χ1) is 7.27. The Bertz CT molecular complexity index is 313. The van der Waals surface area contributed by atoms with E-state index in [1.807, 2.05) is 0 Å². The molecule has 0 radical (unpaired) electrons. The Hall–Kier alpha value is -0.340. The molecule has 0 atom stereocenters. The first kappa shape index (κ1) is 15.7. The van der Waals surface area contributed by atoms with Crippen LogP contribution in [0, 0.1) is 0 Å². The topological polar surface area (TPSA) is 0 Å². The summed E-state index contributed by atoms with van der Waals surface area (Å²) in [6.45, 7) is 20.6. The number of rotatable bonds is 5. The van der Waals surface area contributed by atoms with Gasteiger partial charge in [0.05, 0.1) is 0 Å². The van der Waals surface area contributed by atoms with Crippen molar-refractivity contribution in [3.05, 3.63) is 45.3 Å². The van der Waals surface area contributed by atoms with Crippen LogP contribution in [0.15, 0.2) is 45.3 Å². The minimum absolute atomic E-state index is 1.13. The quantitative estimate of drug-likeness (QED) is 0.429. The standard InChI is InChI=1S/C14H22S2/c1-9(2)13(10(3)4)15-16-14(11(5)6)12(7)8/h1,5H2,2-4,6-8H3. The van der Waals surface area contributed by atoms with Gasteiger partial charge in [-0.1, -0.05) is 45.9 Å². The highest BCUT2D eigenvalue weighted by Gasteiger charge is 2.07. The molecule has 0 aromatic carbocycles. The van der Waals surface area contributed by atoms with E-state index in [1.165, 1.54) is 21.0 Å². The Balaban J connectivity index is 4.80. The summed E-state index contributed by atoms with van der Waals surface area (Å²) in [6, 6.07) is 0. The Labute approximate surface area is 108 Å². The zero-order chi connectivity index (χ0) is 12.9. The average molecular weight is 254 g/mol. The Morgan fingerprint density at radius 3 is 1.00 bits per heavy atom. The fourth-order valence-electron chi connectivity index (χ4n) is 1.25. The molecule has 0 amide bonds. The van der Waals surface area contributed by atoms with Crippen molar-refractivity contribution in [1.29, 1.82) is 0 Å². The van der Waals surface area contributed by atoms with Crippen molar-refractivity contribution in [2.24, 2.45) is 0 Å². The van der Waals surface area contributed by atoms with E-state index in [0.717, 1.165) is 11.1 Å². The van der Waals surface area contributed by atoms with Crippen molar-refractivity contribution < 1.29 is 0 Å². The third-order valence-electron chi connectivity index (χ3n) is 1.89. The Morgan fingerprint density at radius 2 is 0.875 bits per heavy atom. The van der Waals surface area contributed by atoms with Gasteiger partial charge in [0, 0.05) is 9.81 Å². The van der Waals surface area contributed by atoms with E-state index in [9.17, 15) is 0 Å². The fraction of sp³-hybridized carbons (Fsp3) is 0.429. The van der Waals surface area contributed by atoms with Crippen molar-refractivity contribution in [3.63, 3.8) is 0 Å². The van der Waals surface area contributed by atoms with Crippen molar-refractivity contribution >= 4 is 21.6 Å². The fourth-order valence-corrected chi connectivity index (χ4v) is 4.38. The second kappa shape index (κ2) is 7.08. The van der Waals surface area contributed by atoms with Crippen LogP contribution >= 0.6 is 21.6 Å². The maximum atomic E-state index is 4.01. The van der Waals surface area contributed by atoms with Crippen LogP contribution < -0.4 is 0 Å².